The average molecular weight is 413 g/mol. The smallest absolute Gasteiger partial charge is 0.273 e. The molecule has 0 radical (unpaired) electrons. The maximum absolute atomic E-state index is 12.5. The second kappa shape index (κ2) is 8.19. The van der Waals surface area contributed by atoms with Crippen molar-refractivity contribution < 1.29 is 22.4 Å². The van der Waals surface area contributed by atoms with Crippen LogP contribution in [0, 0.1) is 13.8 Å². The number of hydrogen-bond acceptors (Lipinski definition) is 5. The summed E-state index contributed by atoms with van der Waals surface area (Å²) in [6.07, 6.45) is 1.37. The second-order valence-electron chi connectivity index (χ2n) is 6.29. The number of anilines is 1. The molecule has 0 fully saturated rings. The molecule has 0 aliphatic carbocycles. The maximum Gasteiger partial charge on any atom is 0.273 e. The third-order valence-corrected chi connectivity index (χ3v) is 5.52. The normalized spacial score (nSPS) is 11.0. The van der Waals surface area contributed by atoms with Crippen molar-refractivity contribution >= 4 is 27.5 Å². The van der Waals surface area contributed by atoms with Crippen molar-refractivity contribution in [1.82, 2.24) is 10.9 Å². The molecule has 3 aromatic rings. The third-order valence-electron chi connectivity index (χ3n) is 4.12. The highest BCUT2D eigenvalue weighted by Gasteiger charge is 2.16. The molecule has 1 aromatic heterocycles. The van der Waals surface area contributed by atoms with E-state index in [1.165, 1.54) is 36.6 Å². The molecule has 0 spiro atoms. The molecule has 2 aromatic carbocycles. The molecule has 0 saturated carbocycles. The Labute approximate surface area is 168 Å². The van der Waals surface area contributed by atoms with Crippen LogP contribution in [0.2, 0.25) is 0 Å². The number of hydrazine groups is 1. The summed E-state index contributed by atoms with van der Waals surface area (Å²) in [5.74, 6) is -0.687. The fourth-order valence-corrected chi connectivity index (χ4v) is 3.55. The Morgan fingerprint density at radius 3 is 2.03 bits per heavy atom. The first-order chi connectivity index (χ1) is 13.8. The van der Waals surface area contributed by atoms with Crippen LogP contribution in [0.25, 0.3) is 0 Å². The highest BCUT2D eigenvalue weighted by Crippen LogP contribution is 2.17. The molecule has 1 heterocycles. The zero-order valence-corrected chi connectivity index (χ0v) is 16.5. The van der Waals surface area contributed by atoms with Gasteiger partial charge in [-0.05, 0) is 56.3 Å². The number of rotatable bonds is 5. The highest BCUT2D eigenvalue weighted by atomic mass is 32.2. The van der Waals surface area contributed by atoms with Gasteiger partial charge in [0.2, 0.25) is 0 Å². The Morgan fingerprint density at radius 2 is 1.45 bits per heavy atom. The molecule has 0 unspecified atom stereocenters. The topological polar surface area (TPSA) is 118 Å². The van der Waals surface area contributed by atoms with E-state index in [0.29, 0.717) is 17.0 Å². The molecule has 9 heteroatoms. The van der Waals surface area contributed by atoms with E-state index in [4.69, 9.17) is 4.42 Å². The number of carbonyl (C=O) groups is 2. The number of sulfonamides is 1. The minimum atomic E-state index is -3.79. The van der Waals surface area contributed by atoms with E-state index in [1.54, 1.807) is 31.2 Å². The lowest BCUT2D eigenvalue weighted by Crippen LogP contribution is -2.41. The quantitative estimate of drug-likeness (QED) is 0.556. The third kappa shape index (κ3) is 4.82. The van der Waals surface area contributed by atoms with Gasteiger partial charge in [0.05, 0.1) is 16.7 Å². The fourth-order valence-electron chi connectivity index (χ4n) is 2.49. The fraction of sp³-hybridized carbons (Fsp3) is 0.100. The number of aryl methyl sites for hydroxylation is 2. The number of benzene rings is 2. The molecule has 29 heavy (non-hydrogen) atoms. The summed E-state index contributed by atoms with van der Waals surface area (Å²) in [6.45, 7) is 3.53. The molecule has 0 atom stereocenters. The Hall–Kier alpha value is -3.59. The lowest BCUT2D eigenvalue weighted by Gasteiger charge is -2.10. The van der Waals surface area contributed by atoms with Crippen molar-refractivity contribution in [2.24, 2.45) is 0 Å². The second-order valence-corrected chi connectivity index (χ2v) is 7.98. The standard InChI is InChI=1S/C20H19N3O5S/c1-13-3-7-16(8-4-13)23-29(26,27)17-9-5-15(6-10-17)19(24)21-22-20(25)18-11-12-28-14(18)2/h3-12,23H,1-2H3,(H,21,24)(H,22,25). The van der Waals surface area contributed by atoms with E-state index in [9.17, 15) is 18.0 Å². The van der Waals surface area contributed by atoms with Gasteiger partial charge >= 0.3 is 0 Å². The van der Waals surface area contributed by atoms with Crippen LogP contribution in [0.15, 0.2) is 70.2 Å². The number of amides is 2. The summed E-state index contributed by atoms with van der Waals surface area (Å²) in [5, 5.41) is 0. The Kier molecular flexibility index (Phi) is 5.69. The van der Waals surface area contributed by atoms with Gasteiger partial charge in [0.25, 0.3) is 21.8 Å². The Morgan fingerprint density at radius 1 is 0.828 bits per heavy atom. The Bertz CT molecular complexity index is 1130. The molecule has 0 saturated heterocycles. The predicted octanol–water partition coefficient (Wildman–Crippen LogP) is 2.77. The van der Waals surface area contributed by atoms with Crippen molar-refractivity contribution in [2.75, 3.05) is 4.72 Å². The van der Waals surface area contributed by atoms with Crippen molar-refractivity contribution in [3.8, 4) is 0 Å². The van der Waals surface area contributed by atoms with E-state index in [0.717, 1.165) is 5.56 Å². The molecule has 8 nitrogen and oxygen atoms in total. The number of carbonyl (C=O) groups excluding carboxylic acids is 2. The van der Waals surface area contributed by atoms with Gasteiger partial charge in [-0.25, -0.2) is 8.42 Å². The number of nitrogens with one attached hydrogen (secondary N) is 3. The van der Waals surface area contributed by atoms with Gasteiger partial charge in [0.15, 0.2) is 0 Å². The first-order valence-electron chi connectivity index (χ1n) is 8.60. The molecule has 2 amide bonds. The first-order valence-corrected chi connectivity index (χ1v) is 10.1. The zero-order valence-electron chi connectivity index (χ0n) is 15.7. The van der Waals surface area contributed by atoms with E-state index < -0.39 is 21.8 Å². The average Bonchev–Trinajstić information content (AvgIpc) is 3.13. The van der Waals surface area contributed by atoms with Crippen molar-refractivity contribution in [2.45, 2.75) is 18.7 Å². The Balaban J connectivity index is 1.64. The molecular formula is C20H19N3O5S. The van der Waals surface area contributed by atoms with Gasteiger partial charge in [0.1, 0.15) is 5.76 Å². The minimum Gasteiger partial charge on any atom is -0.469 e. The van der Waals surface area contributed by atoms with Gasteiger partial charge in [-0.1, -0.05) is 17.7 Å². The van der Waals surface area contributed by atoms with Crippen molar-refractivity contribution in [3.63, 3.8) is 0 Å². The summed E-state index contributed by atoms with van der Waals surface area (Å²) in [5.41, 5.74) is 6.49. The van der Waals surface area contributed by atoms with Gasteiger partial charge in [-0.2, -0.15) is 0 Å². The molecule has 0 aliphatic heterocycles. The van der Waals surface area contributed by atoms with Crippen LogP contribution in [0.4, 0.5) is 5.69 Å². The van der Waals surface area contributed by atoms with Crippen LogP contribution < -0.4 is 15.6 Å². The monoisotopic (exact) mass is 413 g/mol. The van der Waals surface area contributed by atoms with E-state index >= 15 is 0 Å². The van der Waals surface area contributed by atoms with Gasteiger partial charge < -0.3 is 4.42 Å². The highest BCUT2D eigenvalue weighted by molar-refractivity contribution is 7.92. The largest absolute Gasteiger partial charge is 0.469 e. The number of hydrogen-bond donors (Lipinski definition) is 3. The van der Waals surface area contributed by atoms with Crippen LogP contribution >= 0.6 is 0 Å². The number of furan rings is 1. The summed E-state index contributed by atoms with van der Waals surface area (Å²) >= 11 is 0. The van der Waals surface area contributed by atoms with E-state index in [1.807, 2.05) is 6.92 Å². The van der Waals surface area contributed by atoms with Crippen LogP contribution in [-0.2, 0) is 10.0 Å². The molecule has 0 bridgehead atoms. The summed E-state index contributed by atoms with van der Waals surface area (Å²) in [4.78, 5) is 24.1. The van der Waals surface area contributed by atoms with Crippen LogP contribution in [-0.4, -0.2) is 20.2 Å². The molecule has 3 N–H and O–H groups in total. The van der Waals surface area contributed by atoms with Crippen molar-refractivity contribution in [3.05, 3.63) is 83.3 Å². The zero-order chi connectivity index (χ0) is 21.0. The lowest BCUT2D eigenvalue weighted by molar-refractivity contribution is 0.0845. The maximum atomic E-state index is 12.5. The molecule has 0 aliphatic rings. The first kappa shape index (κ1) is 20.2. The van der Waals surface area contributed by atoms with Crippen LogP contribution in [0.5, 0.6) is 0 Å². The minimum absolute atomic E-state index is 0.00711. The van der Waals surface area contributed by atoms with E-state index in [-0.39, 0.29) is 10.5 Å². The van der Waals surface area contributed by atoms with Crippen molar-refractivity contribution in [1.29, 1.82) is 0 Å². The van der Waals surface area contributed by atoms with Gasteiger partial charge in [-0.3, -0.25) is 25.2 Å². The summed E-state index contributed by atoms with van der Waals surface area (Å²) in [6, 6.07) is 13.7. The predicted molar refractivity (Wildman–Crippen MR) is 107 cm³/mol. The SMILES string of the molecule is Cc1ccc(NS(=O)(=O)c2ccc(C(=O)NNC(=O)c3ccoc3C)cc2)cc1. The molecular weight excluding hydrogens is 394 g/mol. The van der Waals surface area contributed by atoms with Crippen LogP contribution in [0.1, 0.15) is 32.0 Å². The van der Waals surface area contributed by atoms with Gasteiger partial charge in [0, 0.05) is 11.3 Å². The summed E-state index contributed by atoms with van der Waals surface area (Å²) < 4.78 is 32.4. The van der Waals surface area contributed by atoms with Gasteiger partial charge in [-0.15, -0.1) is 0 Å². The molecule has 3 rings (SSSR count). The molecule has 150 valence electrons. The van der Waals surface area contributed by atoms with E-state index in [2.05, 4.69) is 15.6 Å². The lowest BCUT2D eigenvalue weighted by atomic mass is 10.2. The summed E-state index contributed by atoms with van der Waals surface area (Å²) in [7, 11) is -3.79. The van der Waals surface area contributed by atoms with Crippen LogP contribution in [0.3, 0.4) is 0 Å².